The molecule has 3 aromatic rings. The predicted molar refractivity (Wildman–Crippen MR) is 88.4 cm³/mol. The molecule has 0 aliphatic rings. The number of methoxy groups -OCH3 is 1. The third-order valence-electron chi connectivity index (χ3n) is 3.65. The second-order valence-electron chi connectivity index (χ2n) is 5.02. The molecule has 116 valence electrons. The Bertz CT molecular complexity index is 867. The highest BCUT2D eigenvalue weighted by molar-refractivity contribution is 6.08. The van der Waals surface area contributed by atoms with Gasteiger partial charge in [-0.2, -0.15) is 0 Å². The van der Waals surface area contributed by atoms with Crippen LogP contribution in [0.4, 0.5) is 0 Å². The number of ether oxygens (including phenoxy) is 1. The average Bonchev–Trinajstić information content (AvgIpc) is 2.97. The van der Waals surface area contributed by atoms with E-state index in [2.05, 4.69) is 9.97 Å². The predicted octanol–water partition coefficient (Wildman–Crippen LogP) is 2.96. The molecule has 2 heterocycles. The third kappa shape index (κ3) is 3.00. The second kappa shape index (κ2) is 6.46. The van der Waals surface area contributed by atoms with Crippen LogP contribution < -0.4 is 4.74 Å². The molecule has 2 N–H and O–H groups in total. The van der Waals surface area contributed by atoms with Crippen molar-refractivity contribution < 1.29 is 14.6 Å². The zero-order valence-corrected chi connectivity index (χ0v) is 12.6. The molecular weight excluding hydrogens is 292 g/mol. The summed E-state index contributed by atoms with van der Waals surface area (Å²) in [5.41, 5.74) is 2.89. The standard InChI is InChI=1S/C18H16N2O3/c1-23-13-2-4-16-15(10-13)14(17(11-21)20-16)3-5-18(22)12-6-8-19-9-7-12/h2-10,20-21H,11H2,1H3/b5-3+. The smallest absolute Gasteiger partial charge is 0.185 e. The molecule has 5 nitrogen and oxygen atoms in total. The van der Waals surface area contributed by atoms with E-state index in [9.17, 15) is 9.90 Å². The lowest BCUT2D eigenvalue weighted by atomic mass is 10.1. The first-order valence-electron chi connectivity index (χ1n) is 7.15. The highest BCUT2D eigenvalue weighted by Crippen LogP contribution is 2.28. The summed E-state index contributed by atoms with van der Waals surface area (Å²) < 4.78 is 5.24. The topological polar surface area (TPSA) is 75.2 Å². The van der Waals surface area contributed by atoms with Crippen LogP contribution in [0.15, 0.2) is 48.8 Å². The van der Waals surface area contributed by atoms with E-state index in [-0.39, 0.29) is 12.4 Å². The van der Waals surface area contributed by atoms with E-state index in [0.29, 0.717) is 11.3 Å². The van der Waals surface area contributed by atoms with Crippen molar-refractivity contribution in [2.45, 2.75) is 6.61 Å². The highest BCUT2D eigenvalue weighted by atomic mass is 16.5. The van der Waals surface area contributed by atoms with E-state index in [4.69, 9.17) is 4.74 Å². The van der Waals surface area contributed by atoms with Crippen molar-refractivity contribution in [1.29, 1.82) is 0 Å². The molecule has 0 unspecified atom stereocenters. The Morgan fingerprint density at radius 3 is 2.78 bits per heavy atom. The molecule has 0 aliphatic heterocycles. The number of fused-ring (bicyclic) bond motifs is 1. The van der Waals surface area contributed by atoms with Crippen LogP contribution in [-0.4, -0.2) is 28.0 Å². The number of pyridine rings is 1. The van der Waals surface area contributed by atoms with Crippen molar-refractivity contribution in [1.82, 2.24) is 9.97 Å². The van der Waals surface area contributed by atoms with Gasteiger partial charge in [0, 0.05) is 40.1 Å². The molecule has 0 atom stereocenters. The summed E-state index contributed by atoms with van der Waals surface area (Å²) >= 11 is 0. The number of nitrogens with one attached hydrogen (secondary N) is 1. The van der Waals surface area contributed by atoms with Crippen molar-refractivity contribution in [3.8, 4) is 5.75 Å². The van der Waals surface area contributed by atoms with Crippen molar-refractivity contribution >= 4 is 22.8 Å². The molecule has 5 heteroatoms. The number of H-pyrrole nitrogens is 1. The molecule has 0 saturated heterocycles. The molecule has 0 aliphatic carbocycles. The SMILES string of the molecule is COc1ccc2[nH]c(CO)c(/C=C/C(=O)c3ccncc3)c2c1. The summed E-state index contributed by atoms with van der Waals surface area (Å²) in [5.74, 6) is 0.602. The van der Waals surface area contributed by atoms with E-state index < -0.39 is 0 Å². The number of hydrogen-bond donors (Lipinski definition) is 2. The van der Waals surface area contributed by atoms with Gasteiger partial charge in [-0.15, -0.1) is 0 Å². The van der Waals surface area contributed by atoms with Gasteiger partial charge in [-0.3, -0.25) is 9.78 Å². The average molecular weight is 308 g/mol. The van der Waals surface area contributed by atoms with E-state index in [1.54, 1.807) is 37.7 Å². The number of allylic oxidation sites excluding steroid dienone is 1. The Hall–Kier alpha value is -2.92. The maximum absolute atomic E-state index is 12.2. The van der Waals surface area contributed by atoms with Gasteiger partial charge < -0.3 is 14.8 Å². The van der Waals surface area contributed by atoms with Crippen LogP contribution in [0.5, 0.6) is 5.75 Å². The van der Waals surface area contributed by atoms with Crippen LogP contribution in [0.1, 0.15) is 21.6 Å². The lowest BCUT2D eigenvalue weighted by molar-refractivity contribution is 0.104. The number of aromatic nitrogens is 2. The van der Waals surface area contributed by atoms with Gasteiger partial charge in [0.15, 0.2) is 5.78 Å². The summed E-state index contributed by atoms with van der Waals surface area (Å²) in [6.07, 6.45) is 6.37. The lowest BCUT2D eigenvalue weighted by Crippen LogP contribution is -1.94. The minimum absolute atomic E-state index is 0.117. The number of rotatable bonds is 5. The largest absolute Gasteiger partial charge is 0.497 e. The van der Waals surface area contributed by atoms with Gasteiger partial charge >= 0.3 is 0 Å². The van der Waals surface area contributed by atoms with E-state index in [0.717, 1.165) is 22.2 Å². The number of hydrogen-bond acceptors (Lipinski definition) is 4. The Balaban J connectivity index is 2.01. The second-order valence-corrected chi connectivity index (χ2v) is 5.02. The number of aliphatic hydroxyl groups is 1. The first-order chi connectivity index (χ1) is 11.2. The number of carbonyl (C=O) groups is 1. The summed E-state index contributed by atoms with van der Waals surface area (Å²) in [6, 6.07) is 8.93. The summed E-state index contributed by atoms with van der Waals surface area (Å²) in [5, 5.41) is 10.4. The molecule has 0 radical (unpaired) electrons. The molecule has 2 aromatic heterocycles. The Morgan fingerprint density at radius 1 is 1.30 bits per heavy atom. The maximum atomic E-state index is 12.2. The Labute approximate surface area is 133 Å². The fourth-order valence-corrected chi connectivity index (χ4v) is 2.46. The first-order valence-corrected chi connectivity index (χ1v) is 7.15. The van der Waals surface area contributed by atoms with Crippen LogP contribution in [0.25, 0.3) is 17.0 Å². The van der Waals surface area contributed by atoms with Crippen LogP contribution >= 0.6 is 0 Å². The molecule has 0 bridgehead atoms. The van der Waals surface area contributed by atoms with Crippen molar-refractivity contribution in [3.63, 3.8) is 0 Å². The van der Waals surface area contributed by atoms with Gasteiger partial charge in [0.1, 0.15) is 5.75 Å². The fraction of sp³-hybridized carbons (Fsp3) is 0.111. The normalized spacial score (nSPS) is 11.2. The van der Waals surface area contributed by atoms with Gasteiger partial charge in [0.2, 0.25) is 0 Å². The van der Waals surface area contributed by atoms with Crippen LogP contribution in [0.3, 0.4) is 0 Å². The van der Waals surface area contributed by atoms with Gasteiger partial charge in [0.25, 0.3) is 0 Å². The Kier molecular flexibility index (Phi) is 4.21. The zero-order valence-electron chi connectivity index (χ0n) is 12.6. The highest BCUT2D eigenvalue weighted by Gasteiger charge is 2.10. The molecule has 1 aromatic carbocycles. The summed E-state index contributed by atoms with van der Waals surface area (Å²) in [4.78, 5) is 19.2. The monoisotopic (exact) mass is 308 g/mol. The molecule has 3 rings (SSSR count). The lowest BCUT2D eigenvalue weighted by Gasteiger charge is -2.00. The quantitative estimate of drug-likeness (QED) is 0.561. The minimum Gasteiger partial charge on any atom is -0.497 e. The minimum atomic E-state index is -0.139. The molecule has 0 fully saturated rings. The van der Waals surface area contributed by atoms with Crippen molar-refractivity contribution in [2.24, 2.45) is 0 Å². The van der Waals surface area contributed by atoms with Gasteiger partial charge in [-0.05, 0) is 42.5 Å². The molecule has 0 amide bonds. The van der Waals surface area contributed by atoms with Crippen LogP contribution in [0.2, 0.25) is 0 Å². The van der Waals surface area contributed by atoms with E-state index in [1.807, 2.05) is 18.2 Å². The number of benzene rings is 1. The summed E-state index contributed by atoms with van der Waals surface area (Å²) in [6.45, 7) is -0.139. The number of aromatic amines is 1. The number of nitrogens with zero attached hydrogens (tertiary/aromatic N) is 1. The van der Waals surface area contributed by atoms with Gasteiger partial charge in [0.05, 0.1) is 13.7 Å². The van der Waals surface area contributed by atoms with Gasteiger partial charge in [-0.1, -0.05) is 0 Å². The van der Waals surface area contributed by atoms with Crippen LogP contribution in [0, 0.1) is 0 Å². The molecule has 23 heavy (non-hydrogen) atoms. The number of carbonyl (C=O) groups excluding carboxylic acids is 1. The number of aliphatic hydroxyl groups excluding tert-OH is 1. The fourth-order valence-electron chi connectivity index (χ4n) is 2.46. The summed E-state index contributed by atoms with van der Waals surface area (Å²) in [7, 11) is 1.60. The van der Waals surface area contributed by atoms with E-state index in [1.165, 1.54) is 6.08 Å². The number of ketones is 1. The van der Waals surface area contributed by atoms with E-state index >= 15 is 0 Å². The first kappa shape index (κ1) is 15.0. The van der Waals surface area contributed by atoms with Crippen molar-refractivity contribution in [3.05, 3.63) is 65.6 Å². The molecular formula is C18H16N2O3. The van der Waals surface area contributed by atoms with Crippen LogP contribution in [-0.2, 0) is 6.61 Å². The third-order valence-corrected chi connectivity index (χ3v) is 3.65. The Morgan fingerprint density at radius 2 is 2.09 bits per heavy atom. The van der Waals surface area contributed by atoms with Crippen molar-refractivity contribution in [2.75, 3.05) is 7.11 Å². The maximum Gasteiger partial charge on any atom is 0.185 e. The zero-order chi connectivity index (χ0) is 16.2. The molecule has 0 saturated carbocycles. The molecule has 0 spiro atoms. The van der Waals surface area contributed by atoms with Gasteiger partial charge in [-0.25, -0.2) is 0 Å².